The van der Waals surface area contributed by atoms with E-state index in [1.807, 2.05) is 23.6 Å². The monoisotopic (exact) mass is 293 g/mol. The molecule has 0 spiro atoms. The van der Waals surface area contributed by atoms with Crippen molar-refractivity contribution >= 4 is 40.6 Å². The number of aliphatic carboxylic acids is 1. The lowest BCUT2D eigenvalue weighted by Gasteiger charge is -2.00. The van der Waals surface area contributed by atoms with Gasteiger partial charge >= 0.3 is 5.97 Å². The Labute approximate surface area is 118 Å². The average molecular weight is 293 g/mol. The molecular formula is C13H11NO3S2. The molecule has 0 unspecified atom stereocenters. The van der Waals surface area contributed by atoms with Crippen molar-refractivity contribution in [3.8, 4) is 0 Å². The van der Waals surface area contributed by atoms with Crippen molar-refractivity contribution < 1.29 is 14.7 Å². The lowest BCUT2D eigenvalue weighted by molar-refractivity contribution is -0.131. The van der Waals surface area contributed by atoms with Gasteiger partial charge in [-0.15, -0.1) is 22.7 Å². The van der Waals surface area contributed by atoms with Crippen molar-refractivity contribution in [2.24, 2.45) is 0 Å². The number of hydrogen-bond donors (Lipinski definition) is 2. The number of carbonyl (C=O) groups is 2. The first-order valence-corrected chi connectivity index (χ1v) is 7.16. The minimum absolute atomic E-state index is 0.0916. The van der Waals surface area contributed by atoms with E-state index in [4.69, 9.17) is 5.11 Å². The molecule has 0 atom stereocenters. The average Bonchev–Trinajstić information content (AvgIpc) is 3.04. The summed E-state index contributed by atoms with van der Waals surface area (Å²) >= 11 is 2.85. The van der Waals surface area contributed by atoms with Gasteiger partial charge in [0.25, 0.3) is 5.91 Å². The summed E-state index contributed by atoms with van der Waals surface area (Å²) in [6.45, 7) is 0.447. The van der Waals surface area contributed by atoms with E-state index in [2.05, 4.69) is 5.32 Å². The maximum atomic E-state index is 11.7. The summed E-state index contributed by atoms with van der Waals surface area (Å²) < 4.78 is 0. The zero-order valence-corrected chi connectivity index (χ0v) is 11.5. The molecule has 6 heteroatoms. The van der Waals surface area contributed by atoms with Gasteiger partial charge in [-0.05, 0) is 29.7 Å². The maximum absolute atomic E-state index is 11.7. The van der Waals surface area contributed by atoms with Crippen molar-refractivity contribution in [1.82, 2.24) is 5.32 Å². The van der Waals surface area contributed by atoms with Gasteiger partial charge in [-0.3, -0.25) is 4.79 Å². The van der Waals surface area contributed by atoms with Crippen molar-refractivity contribution in [2.45, 2.75) is 6.54 Å². The Bertz CT molecular complexity index is 599. The zero-order valence-electron chi connectivity index (χ0n) is 9.83. The van der Waals surface area contributed by atoms with Gasteiger partial charge in [0.1, 0.15) is 0 Å². The van der Waals surface area contributed by atoms with E-state index in [9.17, 15) is 9.59 Å². The third-order valence-corrected chi connectivity index (χ3v) is 4.16. The third-order valence-electron chi connectivity index (χ3n) is 2.24. The first kappa shape index (κ1) is 13.5. The predicted molar refractivity (Wildman–Crippen MR) is 76.5 cm³/mol. The number of carboxylic acids is 1. The normalized spacial score (nSPS) is 10.7. The molecule has 2 heterocycles. The number of carboxylic acid groups (broad SMARTS) is 1. The molecule has 0 fully saturated rings. The molecule has 2 aromatic rings. The summed E-state index contributed by atoms with van der Waals surface area (Å²) in [5, 5.41) is 13.2. The zero-order chi connectivity index (χ0) is 13.7. The van der Waals surface area contributed by atoms with Crippen LogP contribution >= 0.6 is 22.7 Å². The molecule has 4 nitrogen and oxygen atoms in total. The van der Waals surface area contributed by atoms with Gasteiger partial charge in [0.05, 0.1) is 11.4 Å². The standard InChI is InChI=1S/C13H11NO3S2/c15-12(16)6-5-9-3-4-10(19-9)8-14-13(17)11-2-1-7-18-11/h1-7H,8H2,(H,14,17)(H,15,16). The number of amides is 1. The van der Waals surface area contributed by atoms with Gasteiger partial charge < -0.3 is 10.4 Å². The van der Waals surface area contributed by atoms with E-state index in [1.54, 1.807) is 6.07 Å². The summed E-state index contributed by atoms with van der Waals surface area (Å²) in [5.41, 5.74) is 0. The van der Waals surface area contributed by atoms with Gasteiger partial charge in [0, 0.05) is 15.8 Å². The molecule has 0 bridgehead atoms. The fourth-order valence-corrected chi connectivity index (χ4v) is 2.89. The quantitative estimate of drug-likeness (QED) is 0.833. The van der Waals surface area contributed by atoms with E-state index in [0.29, 0.717) is 11.4 Å². The van der Waals surface area contributed by atoms with Crippen LogP contribution in [0.3, 0.4) is 0 Å². The second kappa shape index (κ2) is 6.31. The number of thiophene rings is 2. The highest BCUT2D eigenvalue weighted by atomic mass is 32.1. The molecule has 0 radical (unpaired) electrons. The maximum Gasteiger partial charge on any atom is 0.328 e. The van der Waals surface area contributed by atoms with Crippen molar-refractivity contribution in [3.63, 3.8) is 0 Å². The SMILES string of the molecule is O=C(O)C=Cc1ccc(CNC(=O)c2cccs2)s1. The molecule has 2 aromatic heterocycles. The van der Waals surface area contributed by atoms with Crippen LogP contribution in [0.25, 0.3) is 6.08 Å². The molecule has 2 rings (SSSR count). The Morgan fingerprint density at radius 3 is 2.84 bits per heavy atom. The van der Waals surface area contributed by atoms with Crippen LogP contribution in [0.4, 0.5) is 0 Å². The van der Waals surface area contributed by atoms with Crippen LogP contribution in [0.15, 0.2) is 35.7 Å². The molecule has 0 aliphatic carbocycles. The van der Waals surface area contributed by atoms with Crippen LogP contribution in [-0.2, 0) is 11.3 Å². The molecule has 0 aliphatic rings. The highest BCUT2D eigenvalue weighted by molar-refractivity contribution is 7.13. The summed E-state index contributed by atoms with van der Waals surface area (Å²) in [6.07, 6.45) is 2.64. The highest BCUT2D eigenvalue weighted by Crippen LogP contribution is 2.18. The number of hydrogen-bond acceptors (Lipinski definition) is 4. The van der Waals surface area contributed by atoms with Crippen LogP contribution in [0.5, 0.6) is 0 Å². The summed E-state index contributed by atoms with van der Waals surface area (Å²) in [6, 6.07) is 7.31. The van der Waals surface area contributed by atoms with Crippen molar-refractivity contribution in [3.05, 3.63) is 50.4 Å². The largest absolute Gasteiger partial charge is 0.478 e. The van der Waals surface area contributed by atoms with E-state index < -0.39 is 5.97 Å². The van der Waals surface area contributed by atoms with Crippen LogP contribution < -0.4 is 5.32 Å². The predicted octanol–water partition coefficient (Wildman–Crippen LogP) is 2.84. The Morgan fingerprint density at radius 2 is 2.16 bits per heavy atom. The van der Waals surface area contributed by atoms with E-state index in [0.717, 1.165) is 15.8 Å². The molecule has 1 amide bonds. The Kier molecular flexibility index (Phi) is 4.48. The molecular weight excluding hydrogens is 282 g/mol. The highest BCUT2D eigenvalue weighted by Gasteiger charge is 2.06. The number of rotatable bonds is 5. The summed E-state index contributed by atoms with van der Waals surface area (Å²) in [7, 11) is 0. The fraction of sp³-hybridized carbons (Fsp3) is 0.0769. The van der Waals surface area contributed by atoms with Crippen LogP contribution in [-0.4, -0.2) is 17.0 Å². The smallest absolute Gasteiger partial charge is 0.328 e. The van der Waals surface area contributed by atoms with Gasteiger partial charge in [0.15, 0.2) is 0 Å². The second-order valence-electron chi connectivity index (χ2n) is 3.64. The Morgan fingerprint density at radius 1 is 1.32 bits per heavy atom. The van der Waals surface area contributed by atoms with Crippen molar-refractivity contribution in [1.29, 1.82) is 0 Å². The third kappa shape index (κ3) is 4.04. The topological polar surface area (TPSA) is 66.4 Å². The van der Waals surface area contributed by atoms with E-state index >= 15 is 0 Å². The Balaban J connectivity index is 1.90. The molecule has 98 valence electrons. The molecule has 0 aliphatic heterocycles. The van der Waals surface area contributed by atoms with Gasteiger partial charge in [-0.2, -0.15) is 0 Å². The Hall–Kier alpha value is -1.92. The lowest BCUT2D eigenvalue weighted by atomic mass is 10.4. The lowest BCUT2D eigenvalue weighted by Crippen LogP contribution is -2.21. The summed E-state index contributed by atoms with van der Waals surface area (Å²) in [5.74, 6) is -1.06. The minimum Gasteiger partial charge on any atom is -0.478 e. The van der Waals surface area contributed by atoms with Crippen molar-refractivity contribution in [2.75, 3.05) is 0 Å². The van der Waals surface area contributed by atoms with Crippen LogP contribution in [0.1, 0.15) is 19.4 Å². The van der Waals surface area contributed by atoms with Gasteiger partial charge in [-0.25, -0.2) is 4.79 Å². The first-order valence-electron chi connectivity index (χ1n) is 5.46. The molecule has 0 saturated heterocycles. The fourth-order valence-electron chi connectivity index (χ4n) is 1.39. The number of carbonyl (C=O) groups excluding carboxylic acids is 1. The van der Waals surface area contributed by atoms with Crippen LogP contribution in [0, 0.1) is 0 Å². The minimum atomic E-state index is -0.971. The summed E-state index contributed by atoms with van der Waals surface area (Å²) in [4.78, 5) is 24.6. The molecule has 19 heavy (non-hydrogen) atoms. The second-order valence-corrected chi connectivity index (χ2v) is 5.78. The van der Waals surface area contributed by atoms with Gasteiger partial charge in [0.2, 0.25) is 0 Å². The molecule has 0 saturated carbocycles. The van der Waals surface area contributed by atoms with E-state index in [1.165, 1.54) is 28.7 Å². The molecule has 0 aromatic carbocycles. The molecule has 2 N–H and O–H groups in total. The van der Waals surface area contributed by atoms with Gasteiger partial charge in [-0.1, -0.05) is 6.07 Å². The first-order chi connectivity index (χ1) is 9.15. The number of nitrogens with one attached hydrogen (secondary N) is 1. The van der Waals surface area contributed by atoms with E-state index in [-0.39, 0.29) is 5.91 Å². The van der Waals surface area contributed by atoms with Crippen LogP contribution in [0.2, 0.25) is 0 Å².